The molecule has 2 aromatic rings. The number of hydrogen-bond donors (Lipinski definition) is 2. The van der Waals surface area contributed by atoms with Gasteiger partial charge in [-0.25, -0.2) is 0 Å². The summed E-state index contributed by atoms with van der Waals surface area (Å²) in [5.41, 5.74) is 2.82. The predicted molar refractivity (Wildman–Crippen MR) is 129 cm³/mol. The van der Waals surface area contributed by atoms with Crippen LogP contribution in [-0.4, -0.2) is 72.7 Å². The lowest BCUT2D eigenvalue weighted by Crippen LogP contribution is -2.52. The van der Waals surface area contributed by atoms with Gasteiger partial charge in [-0.15, -0.1) is 0 Å². The van der Waals surface area contributed by atoms with Gasteiger partial charge in [0.2, 0.25) is 0 Å². The van der Waals surface area contributed by atoms with Crippen LogP contribution in [-0.2, 0) is 5.41 Å². The number of hydrogen-bond acceptors (Lipinski definition) is 4. The topological polar surface area (TPSA) is 55.8 Å². The van der Waals surface area contributed by atoms with Crippen molar-refractivity contribution >= 4 is 5.91 Å². The summed E-state index contributed by atoms with van der Waals surface area (Å²) >= 11 is 0. The molecule has 32 heavy (non-hydrogen) atoms. The van der Waals surface area contributed by atoms with E-state index in [4.69, 9.17) is 0 Å². The molecule has 172 valence electrons. The molecule has 1 saturated carbocycles. The van der Waals surface area contributed by atoms with E-state index < -0.39 is 0 Å². The summed E-state index contributed by atoms with van der Waals surface area (Å²) < 4.78 is 0. The zero-order valence-corrected chi connectivity index (χ0v) is 19.5. The summed E-state index contributed by atoms with van der Waals surface area (Å²) in [6.07, 6.45) is 3.21. The highest BCUT2D eigenvalue weighted by molar-refractivity contribution is 5.95. The van der Waals surface area contributed by atoms with E-state index in [1.807, 2.05) is 37.3 Å². The molecule has 2 aromatic carbocycles. The average Bonchev–Trinajstić information content (AvgIpc) is 2.99. The molecule has 0 spiro atoms. The zero-order valence-electron chi connectivity index (χ0n) is 19.5. The van der Waals surface area contributed by atoms with Gasteiger partial charge >= 0.3 is 0 Å². The lowest BCUT2D eigenvalue weighted by atomic mass is 9.74. The van der Waals surface area contributed by atoms with Crippen LogP contribution in [0.1, 0.15) is 47.2 Å². The van der Waals surface area contributed by atoms with Crippen LogP contribution in [0.25, 0.3) is 0 Å². The van der Waals surface area contributed by atoms with Crippen molar-refractivity contribution in [3.05, 3.63) is 71.3 Å². The Morgan fingerprint density at radius 1 is 1.00 bits per heavy atom. The minimum atomic E-state index is -0.323. The molecule has 2 aliphatic rings. The van der Waals surface area contributed by atoms with Crippen molar-refractivity contribution < 1.29 is 9.90 Å². The van der Waals surface area contributed by atoms with Crippen LogP contribution in [0.15, 0.2) is 54.6 Å². The van der Waals surface area contributed by atoms with Crippen LogP contribution in [0.5, 0.6) is 0 Å². The first kappa shape index (κ1) is 23.0. The Hall–Kier alpha value is -2.21. The minimum absolute atomic E-state index is 0.0150. The summed E-state index contributed by atoms with van der Waals surface area (Å²) in [6.45, 7) is 6.71. The van der Waals surface area contributed by atoms with Crippen LogP contribution in [0.4, 0.5) is 0 Å². The molecular formula is C27H37N3O2. The minimum Gasteiger partial charge on any atom is -0.391 e. The number of aliphatic hydroxyl groups excluding tert-OH is 1. The number of aryl methyl sites for hydroxylation is 1. The number of carbonyl (C=O) groups is 1. The van der Waals surface area contributed by atoms with Gasteiger partial charge < -0.3 is 15.3 Å². The SMILES string of the molecule is Cc1ccccc1C(=O)NC[C@@]1(c2ccccc2)CC[C@H](O)[C@@H](N2CCN(C)CC2)CC1. The first-order valence-corrected chi connectivity index (χ1v) is 12.0. The number of aliphatic hydroxyl groups is 1. The molecule has 1 heterocycles. The lowest BCUT2D eigenvalue weighted by Gasteiger charge is -2.39. The van der Waals surface area contributed by atoms with E-state index in [2.05, 4.69) is 46.4 Å². The number of benzene rings is 2. The molecule has 0 unspecified atom stereocenters. The fourth-order valence-electron chi connectivity index (χ4n) is 5.47. The number of piperazine rings is 1. The third-order valence-electron chi connectivity index (χ3n) is 7.65. The molecule has 5 nitrogen and oxygen atoms in total. The summed E-state index contributed by atoms with van der Waals surface area (Å²) in [7, 11) is 2.17. The smallest absolute Gasteiger partial charge is 0.251 e. The molecule has 4 rings (SSSR count). The fourth-order valence-corrected chi connectivity index (χ4v) is 5.47. The van der Waals surface area contributed by atoms with E-state index >= 15 is 0 Å². The van der Waals surface area contributed by atoms with Gasteiger partial charge in [0.25, 0.3) is 5.91 Å². The Morgan fingerprint density at radius 3 is 2.38 bits per heavy atom. The maximum absolute atomic E-state index is 13.0. The second-order valence-corrected chi connectivity index (χ2v) is 9.70. The molecule has 0 bridgehead atoms. The van der Waals surface area contributed by atoms with Gasteiger partial charge in [-0.1, -0.05) is 48.5 Å². The molecule has 2 N–H and O–H groups in total. The van der Waals surface area contributed by atoms with Crippen molar-refractivity contribution in [1.82, 2.24) is 15.1 Å². The Bertz CT molecular complexity index is 895. The number of nitrogens with zero attached hydrogens (tertiary/aromatic N) is 2. The monoisotopic (exact) mass is 435 g/mol. The number of amides is 1. The van der Waals surface area contributed by atoms with Gasteiger partial charge in [-0.05, 0) is 56.8 Å². The number of rotatable bonds is 5. The molecule has 2 fully saturated rings. The van der Waals surface area contributed by atoms with Crippen molar-refractivity contribution in [3.8, 4) is 0 Å². The van der Waals surface area contributed by atoms with E-state index in [0.717, 1.165) is 63.0 Å². The Morgan fingerprint density at radius 2 is 1.66 bits per heavy atom. The van der Waals surface area contributed by atoms with Gasteiger partial charge in [-0.2, -0.15) is 0 Å². The fraction of sp³-hybridized carbons (Fsp3) is 0.519. The van der Waals surface area contributed by atoms with Crippen LogP contribution < -0.4 is 5.32 Å². The largest absolute Gasteiger partial charge is 0.391 e. The van der Waals surface area contributed by atoms with Gasteiger partial charge in [0.15, 0.2) is 0 Å². The first-order valence-electron chi connectivity index (χ1n) is 12.0. The van der Waals surface area contributed by atoms with E-state index in [1.165, 1.54) is 5.56 Å². The normalized spacial score (nSPS) is 27.6. The Kier molecular flexibility index (Phi) is 7.29. The zero-order chi connectivity index (χ0) is 22.6. The third kappa shape index (κ3) is 5.06. The van der Waals surface area contributed by atoms with Crippen molar-refractivity contribution in [2.75, 3.05) is 39.8 Å². The summed E-state index contributed by atoms with van der Waals surface area (Å²) in [6, 6.07) is 18.5. The molecule has 3 atom stereocenters. The van der Waals surface area contributed by atoms with Gasteiger partial charge in [-0.3, -0.25) is 9.69 Å². The molecule has 0 radical (unpaired) electrons. The molecule has 1 aliphatic carbocycles. The maximum Gasteiger partial charge on any atom is 0.251 e. The van der Waals surface area contributed by atoms with Crippen LogP contribution >= 0.6 is 0 Å². The molecule has 0 aromatic heterocycles. The van der Waals surface area contributed by atoms with Crippen LogP contribution in [0, 0.1) is 6.92 Å². The summed E-state index contributed by atoms with van der Waals surface area (Å²) in [5.74, 6) is -0.0150. The molecule has 5 heteroatoms. The Labute approximate surface area is 192 Å². The van der Waals surface area contributed by atoms with E-state index in [9.17, 15) is 9.90 Å². The summed E-state index contributed by atoms with van der Waals surface area (Å²) in [5, 5.41) is 14.3. The van der Waals surface area contributed by atoms with E-state index in [0.29, 0.717) is 6.54 Å². The van der Waals surface area contributed by atoms with Gasteiger partial charge in [0.1, 0.15) is 0 Å². The maximum atomic E-state index is 13.0. The van der Waals surface area contributed by atoms with Crippen LogP contribution in [0.3, 0.4) is 0 Å². The first-order chi connectivity index (χ1) is 15.5. The Balaban J connectivity index is 1.53. The standard InChI is InChI=1S/C27H37N3O2/c1-21-8-6-7-11-23(21)26(32)28-20-27(22-9-4-3-5-10-22)14-12-24(25(31)13-15-27)30-18-16-29(2)17-19-30/h3-11,24-25,31H,12-20H2,1-2H3,(H,28,32)/t24-,25-,27-/m0/s1. The van der Waals surface area contributed by atoms with Crippen molar-refractivity contribution in [2.24, 2.45) is 0 Å². The predicted octanol–water partition coefficient (Wildman–Crippen LogP) is 3.21. The highest BCUT2D eigenvalue weighted by Gasteiger charge is 2.40. The van der Waals surface area contributed by atoms with E-state index in [-0.39, 0.29) is 23.5 Å². The van der Waals surface area contributed by atoms with Crippen molar-refractivity contribution in [1.29, 1.82) is 0 Å². The second-order valence-electron chi connectivity index (χ2n) is 9.70. The van der Waals surface area contributed by atoms with Gasteiger partial charge in [0, 0.05) is 49.7 Å². The second kappa shape index (κ2) is 10.2. The quantitative estimate of drug-likeness (QED) is 0.708. The highest BCUT2D eigenvalue weighted by Crippen LogP contribution is 2.39. The van der Waals surface area contributed by atoms with Crippen LogP contribution in [0.2, 0.25) is 0 Å². The third-order valence-corrected chi connectivity index (χ3v) is 7.65. The average molecular weight is 436 g/mol. The molecule has 1 amide bonds. The number of nitrogens with one attached hydrogen (secondary N) is 1. The summed E-state index contributed by atoms with van der Waals surface area (Å²) in [4.78, 5) is 17.8. The number of carbonyl (C=O) groups excluding carboxylic acids is 1. The molecule has 1 aliphatic heterocycles. The van der Waals surface area contributed by atoms with Crippen molar-refractivity contribution in [3.63, 3.8) is 0 Å². The molecular weight excluding hydrogens is 398 g/mol. The number of likely N-dealkylation sites (N-methyl/N-ethyl adjacent to an activating group) is 1. The molecule has 1 saturated heterocycles. The highest BCUT2D eigenvalue weighted by atomic mass is 16.3. The van der Waals surface area contributed by atoms with E-state index in [1.54, 1.807) is 0 Å². The lowest BCUT2D eigenvalue weighted by molar-refractivity contribution is 0.0200. The van der Waals surface area contributed by atoms with Gasteiger partial charge in [0.05, 0.1) is 6.10 Å². The van der Waals surface area contributed by atoms with Crippen molar-refractivity contribution in [2.45, 2.75) is 50.2 Å².